The smallest absolute Gasteiger partial charge is 0.188 e. The molecule has 0 radical (unpaired) electrons. The summed E-state index contributed by atoms with van der Waals surface area (Å²) in [6.45, 7) is 1.73. The Balaban J connectivity index is 0.00000208. The van der Waals surface area contributed by atoms with Crippen molar-refractivity contribution in [1.82, 2.24) is 9.97 Å². The molecule has 0 bridgehead atoms. The van der Waals surface area contributed by atoms with Gasteiger partial charge in [-0.15, -0.1) is 23.7 Å². The van der Waals surface area contributed by atoms with Gasteiger partial charge in [0.2, 0.25) is 0 Å². The van der Waals surface area contributed by atoms with Crippen LogP contribution in [0, 0.1) is 12.7 Å². The number of aliphatic hydroxyl groups is 1. The highest BCUT2D eigenvalue weighted by molar-refractivity contribution is 7.13. The zero-order valence-corrected chi connectivity index (χ0v) is 14.3. The minimum atomic E-state index is -0.496. The van der Waals surface area contributed by atoms with E-state index in [0.29, 0.717) is 17.1 Å². The number of aliphatic hydroxyl groups excluding tert-OH is 1. The van der Waals surface area contributed by atoms with Gasteiger partial charge in [0.1, 0.15) is 11.6 Å². The summed E-state index contributed by atoms with van der Waals surface area (Å²) in [4.78, 5) is 8.48. The summed E-state index contributed by atoms with van der Waals surface area (Å²) in [6.07, 6.45) is 1.56. The summed E-state index contributed by atoms with van der Waals surface area (Å²) in [6, 6.07) is 7.52. The van der Waals surface area contributed by atoms with Crippen LogP contribution in [-0.2, 0) is 6.61 Å². The van der Waals surface area contributed by atoms with Crippen LogP contribution in [0.2, 0.25) is 0 Å². The molecule has 8 heteroatoms. The van der Waals surface area contributed by atoms with E-state index < -0.39 is 5.82 Å². The average molecular weight is 368 g/mol. The highest BCUT2D eigenvalue weighted by Crippen LogP contribution is 2.28. The minimum Gasteiger partial charge on any atom is -0.454 e. The van der Waals surface area contributed by atoms with Gasteiger partial charge in [-0.25, -0.2) is 14.4 Å². The van der Waals surface area contributed by atoms with Crippen LogP contribution in [0.5, 0.6) is 11.5 Å². The predicted octanol–water partition coefficient (Wildman–Crippen LogP) is 4.44. The summed E-state index contributed by atoms with van der Waals surface area (Å²) >= 11 is 1.47. The molecular formula is C16H15ClFN3O2S. The third kappa shape index (κ3) is 4.41. The summed E-state index contributed by atoms with van der Waals surface area (Å²) in [5.74, 6) is 0.545. The Hall–Kier alpha value is -2.22. The molecule has 1 aromatic carbocycles. The molecule has 0 fully saturated rings. The molecule has 0 aliphatic rings. The first-order valence-corrected chi connectivity index (χ1v) is 7.74. The van der Waals surface area contributed by atoms with E-state index in [1.54, 1.807) is 18.3 Å². The number of halogens is 2. The van der Waals surface area contributed by atoms with Crippen LogP contribution in [0.3, 0.4) is 0 Å². The van der Waals surface area contributed by atoms with Gasteiger partial charge in [0.15, 0.2) is 16.7 Å². The van der Waals surface area contributed by atoms with Crippen LogP contribution in [0.1, 0.15) is 11.3 Å². The van der Waals surface area contributed by atoms with Gasteiger partial charge in [-0.05, 0) is 30.7 Å². The highest BCUT2D eigenvalue weighted by Gasteiger charge is 2.08. The Morgan fingerprint density at radius 1 is 1.29 bits per heavy atom. The maximum Gasteiger partial charge on any atom is 0.188 e. The Kier molecular flexibility index (Phi) is 6.08. The number of aromatic nitrogens is 2. The lowest BCUT2D eigenvalue weighted by molar-refractivity contribution is 0.281. The fraction of sp³-hybridized carbons (Fsp3) is 0.125. The van der Waals surface area contributed by atoms with E-state index in [1.807, 2.05) is 12.3 Å². The van der Waals surface area contributed by atoms with Crippen LogP contribution in [0.4, 0.5) is 15.3 Å². The van der Waals surface area contributed by atoms with Crippen molar-refractivity contribution in [1.29, 1.82) is 0 Å². The molecule has 5 nitrogen and oxygen atoms in total. The Morgan fingerprint density at radius 2 is 2.12 bits per heavy atom. The SMILES string of the molecule is Cc1csc(Nc2cc(Oc3cc(CO)ccc3F)ccn2)n1.Cl. The van der Waals surface area contributed by atoms with E-state index in [0.717, 1.165) is 10.8 Å². The molecule has 0 saturated carbocycles. The van der Waals surface area contributed by atoms with Crippen molar-refractivity contribution in [2.45, 2.75) is 13.5 Å². The third-order valence-electron chi connectivity index (χ3n) is 2.99. The number of nitrogens with zero attached hydrogens (tertiary/aromatic N) is 2. The van der Waals surface area contributed by atoms with Gasteiger partial charge in [0.05, 0.1) is 12.3 Å². The molecule has 3 rings (SSSR count). The molecule has 24 heavy (non-hydrogen) atoms. The van der Waals surface area contributed by atoms with Crippen LogP contribution in [-0.4, -0.2) is 15.1 Å². The molecule has 2 aromatic heterocycles. The maximum absolute atomic E-state index is 13.8. The largest absolute Gasteiger partial charge is 0.454 e. The number of nitrogens with one attached hydrogen (secondary N) is 1. The van der Waals surface area contributed by atoms with Gasteiger partial charge < -0.3 is 15.2 Å². The average Bonchev–Trinajstić information content (AvgIpc) is 2.95. The molecule has 2 heterocycles. The number of thiazole rings is 1. The van der Waals surface area contributed by atoms with Crippen molar-refractivity contribution in [3.8, 4) is 11.5 Å². The number of benzene rings is 1. The molecule has 126 valence electrons. The summed E-state index contributed by atoms with van der Waals surface area (Å²) in [5, 5.41) is 14.8. The van der Waals surface area contributed by atoms with Crippen LogP contribution < -0.4 is 10.1 Å². The lowest BCUT2D eigenvalue weighted by atomic mass is 10.2. The minimum absolute atomic E-state index is 0. The van der Waals surface area contributed by atoms with Crippen molar-refractivity contribution in [3.05, 3.63) is 59.0 Å². The Labute approximate surface area is 148 Å². The topological polar surface area (TPSA) is 67.3 Å². The maximum atomic E-state index is 13.8. The molecule has 0 unspecified atom stereocenters. The second-order valence-electron chi connectivity index (χ2n) is 4.82. The first-order chi connectivity index (χ1) is 11.1. The van der Waals surface area contributed by atoms with Crippen molar-refractivity contribution >= 4 is 34.7 Å². The van der Waals surface area contributed by atoms with E-state index in [9.17, 15) is 4.39 Å². The third-order valence-corrected chi connectivity index (χ3v) is 3.87. The number of pyridine rings is 1. The van der Waals surface area contributed by atoms with Gasteiger partial charge in [0, 0.05) is 17.6 Å². The Bertz CT molecular complexity index is 829. The molecule has 3 aromatic rings. The second-order valence-corrected chi connectivity index (χ2v) is 5.68. The van der Waals surface area contributed by atoms with Gasteiger partial charge in [-0.2, -0.15) is 0 Å². The van der Waals surface area contributed by atoms with Crippen molar-refractivity contribution in [3.63, 3.8) is 0 Å². The molecular weight excluding hydrogens is 353 g/mol. The van der Waals surface area contributed by atoms with E-state index in [4.69, 9.17) is 9.84 Å². The fourth-order valence-corrected chi connectivity index (χ4v) is 2.61. The molecule has 0 aliphatic heterocycles. The lowest BCUT2D eigenvalue weighted by Gasteiger charge is -2.09. The summed E-state index contributed by atoms with van der Waals surface area (Å²) in [5.41, 5.74) is 1.50. The zero-order chi connectivity index (χ0) is 16.2. The number of ether oxygens (including phenoxy) is 1. The van der Waals surface area contributed by atoms with E-state index in [1.165, 1.54) is 29.5 Å². The van der Waals surface area contributed by atoms with Gasteiger partial charge in [-0.3, -0.25) is 0 Å². The second kappa shape index (κ2) is 8.05. The first-order valence-electron chi connectivity index (χ1n) is 6.86. The lowest BCUT2D eigenvalue weighted by Crippen LogP contribution is -1.95. The van der Waals surface area contributed by atoms with Gasteiger partial charge >= 0.3 is 0 Å². The Morgan fingerprint density at radius 3 is 2.83 bits per heavy atom. The van der Waals surface area contributed by atoms with Crippen LogP contribution >= 0.6 is 23.7 Å². The van der Waals surface area contributed by atoms with Gasteiger partial charge in [-0.1, -0.05) is 6.07 Å². The van der Waals surface area contributed by atoms with E-state index in [-0.39, 0.29) is 24.8 Å². The number of anilines is 2. The number of hydrogen-bond acceptors (Lipinski definition) is 6. The summed E-state index contributed by atoms with van der Waals surface area (Å²) in [7, 11) is 0. The van der Waals surface area contributed by atoms with Crippen LogP contribution in [0.25, 0.3) is 0 Å². The fourth-order valence-electron chi connectivity index (χ4n) is 1.92. The van der Waals surface area contributed by atoms with Crippen molar-refractivity contribution in [2.24, 2.45) is 0 Å². The standard InChI is InChI=1S/C16H14FN3O2S.ClH/c1-10-9-23-16(19-10)20-15-7-12(4-5-18-15)22-14-6-11(8-21)2-3-13(14)17;/h2-7,9,21H,8H2,1H3,(H,18,19,20);1H. The van der Waals surface area contributed by atoms with E-state index in [2.05, 4.69) is 15.3 Å². The molecule has 0 amide bonds. The number of hydrogen-bond donors (Lipinski definition) is 2. The van der Waals surface area contributed by atoms with Crippen molar-refractivity contribution < 1.29 is 14.2 Å². The normalized spacial score (nSPS) is 10.1. The zero-order valence-electron chi connectivity index (χ0n) is 12.7. The molecule has 0 spiro atoms. The van der Waals surface area contributed by atoms with Crippen LogP contribution in [0.15, 0.2) is 41.9 Å². The monoisotopic (exact) mass is 367 g/mol. The van der Waals surface area contributed by atoms with Gasteiger partial charge in [0.25, 0.3) is 0 Å². The first kappa shape index (κ1) is 18.1. The molecule has 0 saturated heterocycles. The summed E-state index contributed by atoms with van der Waals surface area (Å²) < 4.78 is 19.3. The van der Waals surface area contributed by atoms with E-state index >= 15 is 0 Å². The molecule has 0 aliphatic carbocycles. The molecule has 2 N–H and O–H groups in total. The number of rotatable bonds is 5. The molecule has 0 atom stereocenters. The van der Waals surface area contributed by atoms with Crippen molar-refractivity contribution in [2.75, 3.05) is 5.32 Å². The predicted molar refractivity (Wildman–Crippen MR) is 94.0 cm³/mol. The highest BCUT2D eigenvalue weighted by atomic mass is 35.5. The quantitative estimate of drug-likeness (QED) is 0.698. The number of aryl methyl sites for hydroxylation is 1.